The lowest BCUT2D eigenvalue weighted by Crippen LogP contribution is -2.65. The summed E-state index contributed by atoms with van der Waals surface area (Å²) in [5.74, 6) is -4.36. The molecule has 8 nitrogen and oxygen atoms in total. The molecule has 1 amide bonds. The number of carbonyl (C=O) groups excluding carboxylic acids is 3. The van der Waals surface area contributed by atoms with Crippen LogP contribution in [0.2, 0.25) is 0 Å². The number of ether oxygens (including phenoxy) is 2. The summed E-state index contributed by atoms with van der Waals surface area (Å²) in [5.41, 5.74) is -1.28. The molecule has 0 unspecified atom stereocenters. The van der Waals surface area contributed by atoms with Crippen LogP contribution in [0.1, 0.15) is 53.4 Å². The van der Waals surface area contributed by atoms with Crippen molar-refractivity contribution in [3.63, 3.8) is 0 Å². The molecule has 26 heavy (non-hydrogen) atoms. The number of rotatable bonds is 6. The van der Waals surface area contributed by atoms with Crippen LogP contribution >= 0.6 is 0 Å². The van der Waals surface area contributed by atoms with Gasteiger partial charge in [0.15, 0.2) is 5.92 Å². The quantitative estimate of drug-likeness (QED) is 0.329. The van der Waals surface area contributed by atoms with Crippen molar-refractivity contribution in [3.8, 4) is 0 Å². The molecule has 8 heteroatoms. The first kappa shape index (κ1) is 19.9. The zero-order valence-corrected chi connectivity index (χ0v) is 15.5. The fourth-order valence-corrected chi connectivity index (χ4v) is 3.09. The first-order valence-corrected chi connectivity index (χ1v) is 8.78. The predicted molar refractivity (Wildman–Crippen MR) is 89.7 cm³/mol. The third kappa shape index (κ3) is 3.89. The third-order valence-corrected chi connectivity index (χ3v) is 4.28. The summed E-state index contributed by atoms with van der Waals surface area (Å²) in [4.78, 5) is 49.8. The van der Waals surface area contributed by atoms with Crippen LogP contribution in [0.25, 0.3) is 0 Å². The first-order valence-electron chi connectivity index (χ1n) is 8.78. The second-order valence-electron chi connectivity index (χ2n) is 7.45. The Morgan fingerprint density at radius 2 is 1.92 bits per heavy atom. The molecule has 2 rings (SSSR count). The molecule has 144 valence electrons. The molecule has 1 N–H and O–H groups in total. The maximum Gasteiger partial charge on any atom is 0.356 e. The van der Waals surface area contributed by atoms with Crippen LogP contribution in [0.15, 0.2) is 11.3 Å². The van der Waals surface area contributed by atoms with Crippen LogP contribution in [-0.2, 0) is 28.7 Å². The number of esters is 2. The number of amides is 1. The van der Waals surface area contributed by atoms with Crippen molar-refractivity contribution >= 4 is 23.8 Å². The minimum absolute atomic E-state index is 0.0805. The van der Waals surface area contributed by atoms with Gasteiger partial charge in [0.1, 0.15) is 11.3 Å². The molecule has 2 atom stereocenters. The van der Waals surface area contributed by atoms with E-state index >= 15 is 0 Å². The van der Waals surface area contributed by atoms with Crippen molar-refractivity contribution in [1.29, 1.82) is 0 Å². The third-order valence-electron chi connectivity index (χ3n) is 4.28. The maximum absolute atomic E-state index is 12.5. The van der Waals surface area contributed by atoms with Crippen molar-refractivity contribution < 1.29 is 33.8 Å². The van der Waals surface area contributed by atoms with Crippen LogP contribution in [0, 0.1) is 5.92 Å². The number of hydrogen-bond donors (Lipinski definition) is 1. The highest BCUT2D eigenvalue weighted by molar-refractivity contribution is 6.10. The first-order chi connectivity index (χ1) is 12.1. The van der Waals surface area contributed by atoms with E-state index in [9.17, 15) is 24.3 Å². The molecule has 0 spiro atoms. The van der Waals surface area contributed by atoms with Crippen molar-refractivity contribution in [2.24, 2.45) is 5.92 Å². The van der Waals surface area contributed by atoms with Crippen molar-refractivity contribution in [1.82, 2.24) is 4.90 Å². The summed E-state index contributed by atoms with van der Waals surface area (Å²) < 4.78 is 10.4. The van der Waals surface area contributed by atoms with E-state index in [1.54, 1.807) is 20.8 Å². The number of unbranched alkanes of at least 4 members (excludes halogenated alkanes) is 1. The SMILES string of the molecule is CCCCOC(=O)[C@@H]1C(=O)N2C(C(=O)OC(C)(C)C)=C(C(=O)O)CC[C@H]12. The molecule has 2 aliphatic heterocycles. The van der Waals surface area contributed by atoms with Gasteiger partial charge in [0.05, 0.1) is 18.2 Å². The molecule has 2 heterocycles. The van der Waals surface area contributed by atoms with Crippen LogP contribution in [0.4, 0.5) is 0 Å². The molecule has 0 aromatic carbocycles. The summed E-state index contributed by atoms with van der Waals surface area (Å²) >= 11 is 0. The summed E-state index contributed by atoms with van der Waals surface area (Å²) in [7, 11) is 0. The van der Waals surface area contributed by atoms with E-state index in [1.807, 2.05) is 6.92 Å². The minimum Gasteiger partial charge on any atom is -0.478 e. The number of fused-ring (bicyclic) bond motifs is 1. The lowest BCUT2D eigenvalue weighted by Gasteiger charge is -2.48. The summed E-state index contributed by atoms with van der Waals surface area (Å²) in [5, 5.41) is 9.39. The fraction of sp³-hybridized carbons (Fsp3) is 0.667. The average Bonchev–Trinajstić information content (AvgIpc) is 2.51. The number of nitrogens with zero attached hydrogens (tertiary/aromatic N) is 1. The van der Waals surface area contributed by atoms with E-state index in [1.165, 1.54) is 0 Å². The van der Waals surface area contributed by atoms with Gasteiger partial charge in [-0.15, -0.1) is 0 Å². The Labute approximate surface area is 152 Å². The van der Waals surface area contributed by atoms with Gasteiger partial charge in [0, 0.05) is 0 Å². The summed E-state index contributed by atoms with van der Waals surface area (Å²) in [6.45, 7) is 7.14. The lowest BCUT2D eigenvalue weighted by atomic mass is 9.79. The Balaban J connectivity index is 2.24. The van der Waals surface area contributed by atoms with Gasteiger partial charge in [-0.1, -0.05) is 13.3 Å². The van der Waals surface area contributed by atoms with E-state index in [-0.39, 0.29) is 30.7 Å². The summed E-state index contributed by atoms with van der Waals surface area (Å²) in [6.07, 6.45) is 1.92. The van der Waals surface area contributed by atoms with Gasteiger partial charge in [-0.25, -0.2) is 9.59 Å². The molecule has 0 saturated carbocycles. The van der Waals surface area contributed by atoms with E-state index in [0.717, 1.165) is 11.3 Å². The Hall–Kier alpha value is -2.38. The normalized spacial score (nSPS) is 22.5. The molecule has 0 bridgehead atoms. The standard InChI is InChI=1S/C18H25NO7/c1-5-6-9-25-16(23)12-11-8-7-10(15(21)22)13(19(11)14(12)20)17(24)26-18(2,3)4/h11-12H,5-9H2,1-4H3,(H,21,22)/t11-,12+/m1/s1. The predicted octanol–water partition coefficient (Wildman–Crippen LogP) is 1.63. The number of β-lactam (4-membered cyclic amide) rings is 1. The lowest BCUT2D eigenvalue weighted by molar-refractivity contribution is -0.176. The number of hydrogen-bond acceptors (Lipinski definition) is 6. The summed E-state index contributed by atoms with van der Waals surface area (Å²) in [6, 6.07) is -0.567. The van der Waals surface area contributed by atoms with Crippen molar-refractivity contribution in [2.45, 2.75) is 65.0 Å². The van der Waals surface area contributed by atoms with Gasteiger partial charge in [0.25, 0.3) is 0 Å². The Morgan fingerprint density at radius 3 is 2.46 bits per heavy atom. The zero-order chi connectivity index (χ0) is 19.6. The smallest absolute Gasteiger partial charge is 0.356 e. The van der Waals surface area contributed by atoms with Gasteiger partial charge in [0.2, 0.25) is 5.91 Å². The van der Waals surface area contributed by atoms with E-state index in [4.69, 9.17) is 9.47 Å². The van der Waals surface area contributed by atoms with Crippen LogP contribution in [0.3, 0.4) is 0 Å². The average molecular weight is 367 g/mol. The maximum atomic E-state index is 12.5. The highest BCUT2D eigenvalue weighted by atomic mass is 16.6. The topological polar surface area (TPSA) is 110 Å². The molecular weight excluding hydrogens is 342 g/mol. The molecule has 1 fully saturated rings. The largest absolute Gasteiger partial charge is 0.478 e. The Kier molecular flexibility index (Phi) is 5.73. The van der Waals surface area contributed by atoms with E-state index in [2.05, 4.69) is 0 Å². The molecule has 0 radical (unpaired) electrons. The van der Waals surface area contributed by atoms with Crippen LogP contribution < -0.4 is 0 Å². The minimum atomic E-state index is -1.27. The molecule has 0 aromatic heterocycles. The Morgan fingerprint density at radius 1 is 1.27 bits per heavy atom. The monoisotopic (exact) mass is 367 g/mol. The number of aliphatic carboxylic acids is 1. The number of carboxylic acid groups (broad SMARTS) is 1. The van der Waals surface area contributed by atoms with E-state index in [0.29, 0.717) is 6.42 Å². The number of carboxylic acids is 1. The van der Waals surface area contributed by atoms with Gasteiger partial charge >= 0.3 is 17.9 Å². The second-order valence-corrected chi connectivity index (χ2v) is 7.45. The van der Waals surface area contributed by atoms with Crippen LogP contribution in [-0.4, -0.2) is 52.1 Å². The Bertz CT molecular complexity index is 659. The van der Waals surface area contributed by atoms with Gasteiger partial charge in [-0.3, -0.25) is 9.59 Å². The van der Waals surface area contributed by atoms with Crippen molar-refractivity contribution in [2.75, 3.05) is 6.61 Å². The van der Waals surface area contributed by atoms with E-state index < -0.39 is 41.4 Å². The van der Waals surface area contributed by atoms with Gasteiger partial charge in [-0.2, -0.15) is 0 Å². The number of carbonyl (C=O) groups is 4. The fourth-order valence-electron chi connectivity index (χ4n) is 3.09. The van der Waals surface area contributed by atoms with Crippen LogP contribution in [0.5, 0.6) is 0 Å². The molecule has 0 aromatic rings. The van der Waals surface area contributed by atoms with Gasteiger partial charge in [-0.05, 0) is 40.0 Å². The van der Waals surface area contributed by atoms with Gasteiger partial charge < -0.3 is 19.5 Å². The second kappa shape index (κ2) is 7.47. The molecule has 1 saturated heterocycles. The zero-order valence-electron chi connectivity index (χ0n) is 15.5. The molecular formula is C18H25NO7. The highest BCUT2D eigenvalue weighted by Crippen LogP contribution is 2.41. The molecule has 2 aliphatic rings. The molecule has 0 aliphatic carbocycles. The highest BCUT2D eigenvalue weighted by Gasteiger charge is 2.57. The van der Waals surface area contributed by atoms with Crippen molar-refractivity contribution in [3.05, 3.63) is 11.3 Å².